The Morgan fingerprint density at radius 2 is 1.86 bits per heavy atom. The van der Waals surface area contributed by atoms with E-state index >= 15 is 0 Å². The van der Waals surface area contributed by atoms with E-state index in [2.05, 4.69) is 15.8 Å². The number of carbonyl (C=O) groups excluding carboxylic acids is 2. The number of nitrogens with one attached hydrogen (secondary N) is 2. The second-order valence-corrected chi connectivity index (χ2v) is 6.12. The summed E-state index contributed by atoms with van der Waals surface area (Å²) in [5.74, 6) is -0.618. The highest BCUT2D eigenvalue weighted by molar-refractivity contribution is 6.32. The van der Waals surface area contributed by atoms with Gasteiger partial charge in [0.25, 0.3) is 17.5 Å². The summed E-state index contributed by atoms with van der Waals surface area (Å²) in [7, 11) is 0. The number of hydrogen-bond donors (Lipinski definition) is 2. The molecule has 2 amide bonds. The fourth-order valence-corrected chi connectivity index (χ4v) is 2.19. The van der Waals surface area contributed by atoms with Gasteiger partial charge in [0.15, 0.2) is 6.61 Å². The van der Waals surface area contributed by atoms with E-state index in [1.807, 2.05) is 0 Å². The van der Waals surface area contributed by atoms with E-state index in [9.17, 15) is 19.7 Å². The maximum atomic E-state index is 11.7. The predicted molar refractivity (Wildman–Crippen MR) is 104 cm³/mol. The van der Waals surface area contributed by atoms with Crippen LogP contribution in [0.1, 0.15) is 5.56 Å². The van der Waals surface area contributed by atoms with Crippen molar-refractivity contribution >= 4 is 46.9 Å². The molecule has 2 aromatic rings. The van der Waals surface area contributed by atoms with Gasteiger partial charge in [0.05, 0.1) is 17.7 Å². The predicted octanol–water partition coefficient (Wildman–Crippen LogP) is 2.55. The molecule has 2 N–H and O–H groups in total. The lowest BCUT2D eigenvalue weighted by Crippen LogP contribution is -2.37. The number of nitrogens with zero attached hydrogens (tertiary/aromatic N) is 2. The third-order valence-corrected chi connectivity index (χ3v) is 3.77. The molecule has 0 saturated heterocycles. The molecule has 0 atom stereocenters. The van der Waals surface area contributed by atoms with Crippen molar-refractivity contribution < 1.29 is 19.2 Å². The van der Waals surface area contributed by atoms with Crippen LogP contribution in [0.3, 0.4) is 0 Å². The van der Waals surface area contributed by atoms with Gasteiger partial charge in [-0.2, -0.15) is 5.10 Å². The van der Waals surface area contributed by atoms with Crippen molar-refractivity contribution in [3.63, 3.8) is 0 Å². The number of amides is 2. The molecule has 11 heteroatoms. The van der Waals surface area contributed by atoms with Crippen molar-refractivity contribution in [1.82, 2.24) is 10.7 Å². The van der Waals surface area contributed by atoms with Gasteiger partial charge in [-0.25, -0.2) is 5.43 Å². The smallest absolute Gasteiger partial charge is 0.288 e. The molecular weight excluding hydrogens is 411 g/mol. The minimum absolute atomic E-state index is 0.00489. The van der Waals surface area contributed by atoms with Gasteiger partial charge in [-0.3, -0.25) is 19.7 Å². The number of nitro groups is 1. The van der Waals surface area contributed by atoms with Gasteiger partial charge in [0.1, 0.15) is 10.8 Å². The molecule has 2 rings (SSSR count). The fraction of sp³-hybridized carbons (Fsp3) is 0.118. The lowest BCUT2D eigenvalue weighted by atomic mass is 10.2. The molecule has 0 aliphatic rings. The molecule has 0 bridgehead atoms. The molecule has 0 spiro atoms. The van der Waals surface area contributed by atoms with Crippen molar-refractivity contribution in [2.45, 2.75) is 0 Å². The molecule has 0 saturated carbocycles. The molecule has 0 aliphatic heterocycles. The topological polar surface area (TPSA) is 123 Å². The van der Waals surface area contributed by atoms with Gasteiger partial charge in [0.2, 0.25) is 0 Å². The lowest BCUT2D eigenvalue weighted by Gasteiger charge is -2.07. The average Bonchev–Trinajstić information content (AvgIpc) is 2.67. The van der Waals surface area contributed by atoms with E-state index in [4.69, 9.17) is 27.9 Å². The second-order valence-electron chi connectivity index (χ2n) is 5.28. The zero-order chi connectivity index (χ0) is 20.5. The number of hydrogen-bond acceptors (Lipinski definition) is 6. The third-order valence-electron chi connectivity index (χ3n) is 3.20. The van der Waals surface area contributed by atoms with Crippen LogP contribution in [0.4, 0.5) is 5.69 Å². The first-order chi connectivity index (χ1) is 13.3. The Kier molecular flexibility index (Phi) is 7.73. The third kappa shape index (κ3) is 6.86. The van der Waals surface area contributed by atoms with Crippen molar-refractivity contribution in [3.8, 4) is 5.75 Å². The van der Waals surface area contributed by atoms with Crippen molar-refractivity contribution in [2.24, 2.45) is 5.10 Å². The zero-order valence-corrected chi connectivity index (χ0v) is 15.7. The summed E-state index contributed by atoms with van der Waals surface area (Å²) in [5, 5.41) is 17.4. The summed E-state index contributed by atoms with van der Waals surface area (Å²) >= 11 is 11.4. The molecule has 9 nitrogen and oxygen atoms in total. The number of ether oxygens (including phenoxy) is 1. The summed E-state index contributed by atoms with van der Waals surface area (Å²) in [4.78, 5) is 33.5. The van der Waals surface area contributed by atoms with Gasteiger partial charge in [0, 0.05) is 16.7 Å². The monoisotopic (exact) mass is 424 g/mol. The SMILES string of the molecule is O=C(COc1ccc(Cl)cc1)NCC(=O)N/N=C/c1ccc(Cl)c([N+](=O)[O-])c1. The maximum absolute atomic E-state index is 11.7. The van der Waals surface area contributed by atoms with Crippen LogP contribution in [0.5, 0.6) is 5.75 Å². The summed E-state index contributed by atoms with van der Waals surface area (Å²) in [5.41, 5.74) is 2.29. The van der Waals surface area contributed by atoms with E-state index < -0.39 is 16.7 Å². The highest BCUT2D eigenvalue weighted by atomic mass is 35.5. The van der Waals surface area contributed by atoms with E-state index in [0.717, 1.165) is 0 Å². The summed E-state index contributed by atoms with van der Waals surface area (Å²) in [6, 6.07) is 10.5. The normalized spacial score (nSPS) is 10.5. The van der Waals surface area contributed by atoms with Crippen LogP contribution in [0.2, 0.25) is 10.0 Å². The second kappa shape index (κ2) is 10.2. The van der Waals surface area contributed by atoms with Crippen molar-refractivity contribution in [3.05, 3.63) is 68.2 Å². The Morgan fingerprint density at radius 3 is 2.54 bits per heavy atom. The van der Waals surface area contributed by atoms with Crippen LogP contribution in [0.25, 0.3) is 0 Å². The molecule has 0 heterocycles. The molecule has 2 aromatic carbocycles. The van der Waals surface area contributed by atoms with Crippen LogP contribution in [-0.2, 0) is 9.59 Å². The summed E-state index contributed by atoms with van der Waals surface area (Å²) in [6.45, 7) is -0.590. The number of carbonyl (C=O) groups is 2. The first-order valence-corrected chi connectivity index (χ1v) is 8.51. The van der Waals surface area contributed by atoms with Crippen LogP contribution < -0.4 is 15.5 Å². The molecule has 0 unspecified atom stereocenters. The molecule has 0 aliphatic carbocycles. The maximum Gasteiger partial charge on any atom is 0.288 e. The van der Waals surface area contributed by atoms with Crippen LogP contribution in [-0.4, -0.2) is 36.1 Å². The van der Waals surface area contributed by atoms with Gasteiger partial charge in [-0.1, -0.05) is 29.3 Å². The first kappa shape index (κ1) is 21.1. The number of nitro benzene ring substituents is 1. The van der Waals surface area contributed by atoms with Crippen LogP contribution >= 0.6 is 23.2 Å². The van der Waals surface area contributed by atoms with E-state index in [-0.39, 0.29) is 23.9 Å². The Labute approximate surface area is 169 Å². The Bertz CT molecular complexity index is 903. The van der Waals surface area contributed by atoms with Crippen molar-refractivity contribution in [2.75, 3.05) is 13.2 Å². The number of rotatable bonds is 8. The van der Waals surface area contributed by atoms with Crippen LogP contribution in [0.15, 0.2) is 47.6 Å². The molecular formula is C17H14Cl2N4O5. The summed E-state index contributed by atoms with van der Waals surface area (Å²) < 4.78 is 5.24. The first-order valence-electron chi connectivity index (χ1n) is 7.76. The zero-order valence-electron chi connectivity index (χ0n) is 14.2. The quantitative estimate of drug-likeness (QED) is 0.382. The van der Waals surface area contributed by atoms with Crippen molar-refractivity contribution in [1.29, 1.82) is 0 Å². The van der Waals surface area contributed by atoms with E-state index in [1.165, 1.54) is 24.4 Å². The van der Waals surface area contributed by atoms with Gasteiger partial charge < -0.3 is 10.1 Å². The average molecular weight is 425 g/mol. The number of benzene rings is 2. The Morgan fingerprint density at radius 1 is 1.14 bits per heavy atom. The Balaban J connectivity index is 1.74. The van der Waals surface area contributed by atoms with E-state index in [1.54, 1.807) is 24.3 Å². The Hall–Kier alpha value is -3.17. The van der Waals surface area contributed by atoms with Gasteiger partial charge >= 0.3 is 0 Å². The highest BCUT2D eigenvalue weighted by Gasteiger charge is 2.12. The highest BCUT2D eigenvalue weighted by Crippen LogP contribution is 2.24. The standard InChI is InChI=1S/C17H14Cl2N4O5/c18-12-2-4-13(5-3-12)28-10-17(25)20-9-16(24)22-21-8-11-1-6-14(19)15(7-11)23(26)27/h1-8H,9-10H2,(H,20,25)(H,22,24)/b21-8+. The fourth-order valence-electron chi connectivity index (χ4n) is 1.88. The minimum atomic E-state index is -0.625. The molecule has 0 fully saturated rings. The number of halogens is 2. The molecule has 28 heavy (non-hydrogen) atoms. The van der Waals surface area contributed by atoms with Gasteiger partial charge in [-0.05, 0) is 30.3 Å². The molecule has 146 valence electrons. The lowest BCUT2D eigenvalue weighted by molar-refractivity contribution is -0.384. The molecule has 0 aromatic heterocycles. The van der Waals surface area contributed by atoms with E-state index in [0.29, 0.717) is 16.3 Å². The minimum Gasteiger partial charge on any atom is -0.484 e. The summed E-state index contributed by atoms with van der Waals surface area (Å²) in [6.07, 6.45) is 1.21. The van der Waals surface area contributed by atoms with Gasteiger partial charge in [-0.15, -0.1) is 0 Å². The van der Waals surface area contributed by atoms with Crippen LogP contribution in [0, 0.1) is 10.1 Å². The largest absolute Gasteiger partial charge is 0.484 e. The molecule has 0 radical (unpaired) electrons. The number of hydrazone groups is 1.